The lowest BCUT2D eigenvalue weighted by molar-refractivity contribution is -0.137. The van der Waals surface area contributed by atoms with Crippen LogP contribution in [0.5, 0.6) is 0 Å². The molecule has 0 N–H and O–H groups in total. The van der Waals surface area contributed by atoms with Crippen LogP contribution in [-0.2, 0) is 16.4 Å². The summed E-state index contributed by atoms with van der Waals surface area (Å²) in [6.45, 7) is 9.44. The Morgan fingerprint density at radius 2 is 1.68 bits per heavy atom. The van der Waals surface area contributed by atoms with Gasteiger partial charge >= 0.3 is 6.18 Å². The van der Waals surface area contributed by atoms with Gasteiger partial charge in [-0.25, -0.2) is 0 Å². The highest BCUT2D eigenvalue weighted by Crippen LogP contribution is 2.39. The maximum Gasteiger partial charge on any atom is 0.418 e. The summed E-state index contributed by atoms with van der Waals surface area (Å²) in [5.74, 6) is 0.0845. The van der Waals surface area contributed by atoms with Crippen LogP contribution in [0.25, 0.3) is 0 Å². The van der Waals surface area contributed by atoms with Crippen LogP contribution in [0.2, 0.25) is 0 Å². The average molecular weight is 356 g/mol. The second-order valence-electron chi connectivity index (χ2n) is 7.60. The van der Waals surface area contributed by atoms with E-state index in [-0.39, 0.29) is 17.0 Å². The predicted octanol–water partition coefficient (Wildman–Crippen LogP) is 4.45. The Bertz CT molecular complexity index is 612. The van der Waals surface area contributed by atoms with Gasteiger partial charge in [-0.15, -0.1) is 0 Å². The lowest BCUT2D eigenvalue weighted by Gasteiger charge is -2.37. The highest BCUT2D eigenvalue weighted by Gasteiger charge is 2.36. The largest absolute Gasteiger partial charge is 0.418 e. The van der Waals surface area contributed by atoms with Crippen molar-refractivity contribution in [2.45, 2.75) is 52.1 Å². The molecule has 0 bridgehead atoms. The van der Waals surface area contributed by atoms with Crippen molar-refractivity contribution in [1.29, 1.82) is 0 Å². The normalized spacial score (nSPS) is 16.3. The molecule has 2 rings (SSSR count). The first kappa shape index (κ1) is 19.6. The predicted molar refractivity (Wildman–Crippen MR) is 93.8 cm³/mol. The van der Waals surface area contributed by atoms with Crippen LogP contribution in [0.15, 0.2) is 18.2 Å². The Morgan fingerprint density at radius 1 is 1.08 bits per heavy atom. The molecule has 0 spiro atoms. The molecular weight excluding hydrogens is 329 g/mol. The van der Waals surface area contributed by atoms with Gasteiger partial charge < -0.3 is 9.80 Å². The third-order valence-corrected chi connectivity index (χ3v) is 4.60. The number of benzene rings is 1. The number of carbonyl (C=O) groups excluding carboxylic acids is 1. The van der Waals surface area contributed by atoms with E-state index >= 15 is 0 Å². The lowest BCUT2D eigenvalue weighted by Crippen LogP contribution is -2.49. The van der Waals surface area contributed by atoms with Crippen LogP contribution in [-0.4, -0.2) is 37.0 Å². The minimum Gasteiger partial charge on any atom is -0.367 e. The van der Waals surface area contributed by atoms with Crippen molar-refractivity contribution in [3.8, 4) is 0 Å². The van der Waals surface area contributed by atoms with Gasteiger partial charge in [0.1, 0.15) is 0 Å². The maximum absolute atomic E-state index is 13.6. The van der Waals surface area contributed by atoms with E-state index in [2.05, 4.69) is 0 Å². The monoisotopic (exact) mass is 356 g/mol. The van der Waals surface area contributed by atoms with Crippen LogP contribution in [0.4, 0.5) is 18.9 Å². The molecule has 6 heteroatoms. The summed E-state index contributed by atoms with van der Waals surface area (Å²) in [4.78, 5) is 15.4. The zero-order valence-electron chi connectivity index (χ0n) is 15.4. The van der Waals surface area contributed by atoms with Gasteiger partial charge in [-0.1, -0.05) is 33.8 Å². The molecule has 1 aliphatic rings. The summed E-state index contributed by atoms with van der Waals surface area (Å²) in [5.41, 5.74) is -0.0549. The SMILES string of the molecule is CCCC(=O)N1CCN(c2ccc(C(C)(C)C)cc2C(F)(F)F)CC1. The van der Waals surface area contributed by atoms with Gasteiger partial charge in [0.25, 0.3) is 0 Å². The third-order valence-electron chi connectivity index (χ3n) is 4.60. The van der Waals surface area contributed by atoms with E-state index in [1.807, 2.05) is 27.7 Å². The average Bonchev–Trinajstić information content (AvgIpc) is 2.53. The van der Waals surface area contributed by atoms with E-state index < -0.39 is 11.7 Å². The van der Waals surface area contributed by atoms with Crippen molar-refractivity contribution in [3.05, 3.63) is 29.3 Å². The Labute approximate surface area is 147 Å². The molecule has 3 nitrogen and oxygen atoms in total. The topological polar surface area (TPSA) is 23.6 Å². The molecule has 0 saturated carbocycles. The molecule has 140 valence electrons. The highest BCUT2D eigenvalue weighted by atomic mass is 19.4. The minimum atomic E-state index is -4.40. The maximum atomic E-state index is 13.6. The Hall–Kier alpha value is -1.72. The summed E-state index contributed by atoms with van der Waals surface area (Å²) in [7, 11) is 0. The van der Waals surface area contributed by atoms with Crippen LogP contribution in [0.3, 0.4) is 0 Å². The van der Waals surface area contributed by atoms with Crippen molar-refractivity contribution in [1.82, 2.24) is 4.90 Å². The number of hydrogen-bond donors (Lipinski definition) is 0. The van der Waals surface area contributed by atoms with E-state index in [0.29, 0.717) is 38.2 Å². The minimum absolute atomic E-state index is 0.0845. The van der Waals surface area contributed by atoms with E-state index in [0.717, 1.165) is 6.42 Å². The standard InChI is InChI=1S/C19H27F3N2O/c1-5-6-17(25)24-11-9-23(10-12-24)16-8-7-14(18(2,3)4)13-15(16)19(20,21)22/h7-8,13H,5-6,9-12H2,1-4H3. The summed E-state index contributed by atoms with van der Waals surface area (Å²) in [6.07, 6.45) is -3.12. The van der Waals surface area contributed by atoms with E-state index in [4.69, 9.17) is 0 Å². The molecule has 0 unspecified atom stereocenters. The molecule has 25 heavy (non-hydrogen) atoms. The molecule has 0 radical (unpaired) electrons. The van der Waals surface area contributed by atoms with Crippen LogP contribution in [0.1, 0.15) is 51.7 Å². The smallest absolute Gasteiger partial charge is 0.367 e. The molecule has 1 saturated heterocycles. The van der Waals surface area contributed by atoms with Gasteiger partial charge in [0.05, 0.1) is 5.56 Å². The highest BCUT2D eigenvalue weighted by molar-refractivity contribution is 5.76. The number of piperazine rings is 1. The van der Waals surface area contributed by atoms with Gasteiger partial charge in [-0.2, -0.15) is 13.2 Å². The van der Waals surface area contributed by atoms with E-state index in [9.17, 15) is 18.0 Å². The summed E-state index contributed by atoms with van der Waals surface area (Å²) in [6, 6.07) is 4.62. The van der Waals surface area contributed by atoms with Crippen LogP contribution in [0, 0.1) is 0 Å². The van der Waals surface area contributed by atoms with E-state index in [1.165, 1.54) is 6.07 Å². The van der Waals surface area contributed by atoms with Crippen molar-refractivity contribution >= 4 is 11.6 Å². The van der Waals surface area contributed by atoms with E-state index in [1.54, 1.807) is 21.9 Å². The van der Waals surface area contributed by atoms with Gasteiger partial charge in [0, 0.05) is 38.3 Å². The molecule has 0 aromatic heterocycles. The first-order chi connectivity index (χ1) is 11.5. The van der Waals surface area contributed by atoms with Crippen molar-refractivity contribution in [3.63, 3.8) is 0 Å². The fourth-order valence-electron chi connectivity index (χ4n) is 3.07. The molecular formula is C19H27F3N2O. The third kappa shape index (κ3) is 4.67. The summed E-state index contributed by atoms with van der Waals surface area (Å²) >= 11 is 0. The quantitative estimate of drug-likeness (QED) is 0.799. The summed E-state index contributed by atoms with van der Waals surface area (Å²) < 4.78 is 40.8. The zero-order chi connectivity index (χ0) is 18.8. The number of amides is 1. The number of halogens is 3. The Balaban J connectivity index is 2.24. The number of carbonyl (C=O) groups is 1. The molecule has 1 amide bonds. The molecule has 1 fully saturated rings. The molecule has 1 aromatic carbocycles. The van der Waals surface area contributed by atoms with Crippen LogP contribution >= 0.6 is 0 Å². The summed E-state index contributed by atoms with van der Waals surface area (Å²) in [5, 5.41) is 0. The number of anilines is 1. The molecule has 1 aliphatic heterocycles. The molecule has 0 aliphatic carbocycles. The fraction of sp³-hybridized carbons (Fsp3) is 0.632. The number of hydrogen-bond acceptors (Lipinski definition) is 2. The van der Waals surface area contributed by atoms with Crippen LogP contribution < -0.4 is 4.90 Å². The van der Waals surface area contributed by atoms with Gasteiger partial charge in [-0.3, -0.25) is 4.79 Å². The molecule has 0 atom stereocenters. The number of rotatable bonds is 3. The zero-order valence-corrected chi connectivity index (χ0v) is 15.4. The van der Waals surface area contributed by atoms with Gasteiger partial charge in [0.15, 0.2) is 0 Å². The fourth-order valence-corrected chi connectivity index (χ4v) is 3.07. The molecule has 1 heterocycles. The first-order valence-corrected chi connectivity index (χ1v) is 8.78. The van der Waals surface area contributed by atoms with Crippen molar-refractivity contribution < 1.29 is 18.0 Å². The van der Waals surface area contributed by atoms with Crippen molar-refractivity contribution in [2.75, 3.05) is 31.1 Å². The Kier molecular flexibility index (Phi) is 5.69. The second kappa shape index (κ2) is 7.26. The number of alkyl halides is 3. The van der Waals surface area contributed by atoms with Gasteiger partial charge in [0.2, 0.25) is 5.91 Å². The van der Waals surface area contributed by atoms with Crippen molar-refractivity contribution in [2.24, 2.45) is 0 Å². The molecule has 1 aromatic rings. The Morgan fingerprint density at radius 3 is 2.16 bits per heavy atom. The lowest BCUT2D eigenvalue weighted by atomic mass is 9.85. The first-order valence-electron chi connectivity index (χ1n) is 8.78. The number of nitrogens with zero attached hydrogens (tertiary/aromatic N) is 2. The second-order valence-corrected chi connectivity index (χ2v) is 7.60. The van der Waals surface area contributed by atoms with Gasteiger partial charge in [-0.05, 0) is 29.5 Å².